The molecule has 0 aliphatic heterocycles. The predicted molar refractivity (Wildman–Crippen MR) is 162 cm³/mol. The second kappa shape index (κ2) is 13.7. The molecule has 1 atom stereocenters. The number of rotatable bonds is 12. The van der Waals surface area contributed by atoms with Gasteiger partial charge in [-0.2, -0.15) is 0 Å². The van der Waals surface area contributed by atoms with Crippen molar-refractivity contribution >= 4 is 27.5 Å². The van der Waals surface area contributed by atoms with Crippen molar-refractivity contribution in [3.05, 3.63) is 83.9 Å². The molecular weight excluding hydrogens is 554 g/mol. The molecule has 0 radical (unpaired) electrons. The fourth-order valence-corrected chi connectivity index (χ4v) is 6.60. The summed E-state index contributed by atoms with van der Waals surface area (Å²) in [4.78, 5) is 28.9. The van der Waals surface area contributed by atoms with Crippen LogP contribution in [0.4, 0.5) is 5.69 Å². The average molecular weight is 594 g/mol. The van der Waals surface area contributed by atoms with Gasteiger partial charge in [0.25, 0.3) is 10.0 Å². The summed E-state index contributed by atoms with van der Waals surface area (Å²) in [6.07, 6.45) is 3.95. The van der Waals surface area contributed by atoms with Crippen LogP contribution in [0.3, 0.4) is 0 Å². The standard InChI is InChI=1S/C32H39N3O6S/c1-23-12-8-9-13-25(23)21-34(24(2)32(37)33-26-14-10-11-15-26)31(36)22-35(27-16-6-5-7-17-27)42(38,39)28-18-19-29(40-3)30(20-28)41-4/h5-9,12-13,16-20,24,26H,10-11,14-15,21-22H2,1-4H3,(H,33,37)/t24-/m0/s1. The molecule has 10 heteroatoms. The van der Waals surface area contributed by atoms with E-state index in [1.165, 1.54) is 37.3 Å². The molecule has 0 spiro atoms. The molecule has 3 aromatic carbocycles. The lowest BCUT2D eigenvalue weighted by atomic mass is 10.1. The topological polar surface area (TPSA) is 105 Å². The highest BCUT2D eigenvalue weighted by Crippen LogP contribution is 2.32. The number of nitrogens with one attached hydrogen (secondary N) is 1. The molecule has 224 valence electrons. The van der Waals surface area contributed by atoms with Gasteiger partial charge in [0.2, 0.25) is 11.8 Å². The summed E-state index contributed by atoms with van der Waals surface area (Å²) in [5, 5.41) is 3.09. The van der Waals surface area contributed by atoms with Gasteiger partial charge in [0.15, 0.2) is 11.5 Å². The summed E-state index contributed by atoms with van der Waals surface area (Å²) in [5.41, 5.74) is 2.16. The van der Waals surface area contributed by atoms with Crippen LogP contribution < -0.4 is 19.1 Å². The number of anilines is 1. The van der Waals surface area contributed by atoms with Gasteiger partial charge in [-0.25, -0.2) is 8.42 Å². The number of benzene rings is 3. The van der Waals surface area contributed by atoms with Crippen molar-refractivity contribution in [2.75, 3.05) is 25.1 Å². The molecule has 1 saturated carbocycles. The molecule has 0 bridgehead atoms. The van der Waals surface area contributed by atoms with E-state index in [-0.39, 0.29) is 29.1 Å². The van der Waals surface area contributed by atoms with E-state index in [1.807, 2.05) is 31.2 Å². The largest absolute Gasteiger partial charge is 0.493 e. The summed E-state index contributed by atoms with van der Waals surface area (Å²) in [5.74, 6) is -0.125. The number of para-hydroxylation sites is 1. The molecule has 2 amide bonds. The van der Waals surface area contributed by atoms with Gasteiger partial charge in [-0.1, -0.05) is 55.3 Å². The maximum atomic E-state index is 14.1. The number of nitrogens with zero attached hydrogens (tertiary/aromatic N) is 2. The Morgan fingerprint density at radius 2 is 1.57 bits per heavy atom. The van der Waals surface area contributed by atoms with Gasteiger partial charge in [0, 0.05) is 18.7 Å². The third-order valence-corrected chi connectivity index (χ3v) is 9.51. The summed E-state index contributed by atoms with van der Waals surface area (Å²) < 4.78 is 39.9. The molecule has 0 heterocycles. The smallest absolute Gasteiger partial charge is 0.264 e. The lowest BCUT2D eigenvalue weighted by Gasteiger charge is -2.33. The Kier molecular flexibility index (Phi) is 10.1. The van der Waals surface area contributed by atoms with Crippen molar-refractivity contribution in [1.29, 1.82) is 0 Å². The van der Waals surface area contributed by atoms with Crippen molar-refractivity contribution in [1.82, 2.24) is 10.2 Å². The minimum atomic E-state index is -4.24. The quantitative estimate of drug-likeness (QED) is 0.327. The first-order valence-corrected chi connectivity index (χ1v) is 15.5. The zero-order valence-corrected chi connectivity index (χ0v) is 25.4. The second-order valence-corrected chi connectivity index (χ2v) is 12.3. The molecule has 9 nitrogen and oxygen atoms in total. The first-order chi connectivity index (χ1) is 20.1. The van der Waals surface area contributed by atoms with Crippen LogP contribution in [0.15, 0.2) is 77.7 Å². The van der Waals surface area contributed by atoms with Crippen LogP contribution in [0.25, 0.3) is 0 Å². The lowest BCUT2D eigenvalue weighted by Crippen LogP contribution is -2.52. The van der Waals surface area contributed by atoms with Gasteiger partial charge in [0.1, 0.15) is 12.6 Å². The first kappa shape index (κ1) is 30.9. The summed E-state index contributed by atoms with van der Waals surface area (Å²) in [6, 6.07) is 19.7. The fourth-order valence-electron chi connectivity index (χ4n) is 5.17. The Labute approximate surface area is 248 Å². The van der Waals surface area contributed by atoms with Crippen LogP contribution >= 0.6 is 0 Å². The third-order valence-electron chi connectivity index (χ3n) is 7.74. The number of hydrogen-bond donors (Lipinski definition) is 1. The number of ether oxygens (including phenoxy) is 2. The highest BCUT2D eigenvalue weighted by atomic mass is 32.2. The normalized spacial score (nSPS) is 14.2. The van der Waals surface area contributed by atoms with Gasteiger partial charge in [-0.15, -0.1) is 0 Å². The number of hydrogen-bond acceptors (Lipinski definition) is 6. The van der Waals surface area contributed by atoms with Gasteiger partial charge >= 0.3 is 0 Å². The first-order valence-electron chi connectivity index (χ1n) is 14.1. The Balaban J connectivity index is 1.70. The van der Waals surface area contributed by atoms with Crippen LogP contribution in [0.2, 0.25) is 0 Å². The fraction of sp³-hybridized carbons (Fsp3) is 0.375. The molecule has 42 heavy (non-hydrogen) atoms. The number of amides is 2. The zero-order chi connectivity index (χ0) is 30.3. The number of methoxy groups -OCH3 is 2. The van der Waals surface area contributed by atoms with Crippen molar-refractivity contribution in [3.8, 4) is 11.5 Å². The van der Waals surface area contributed by atoms with Crippen molar-refractivity contribution in [2.45, 2.75) is 63.1 Å². The van der Waals surface area contributed by atoms with Crippen LogP contribution in [0.5, 0.6) is 11.5 Å². The summed E-state index contributed by atoms with van der Waals surface area (Å²) >= 11 is 0. The number of carbonyl (C=O) groups excluding carboxylic acids is 2. The number of sulfonamides is 1. The van der Waals surface area contributed by atoms with Gasteiger partial charge < -0.3 is 19.7 Å². The van der Waals surface area contributed by atoms with Crippen LogP contribution in [-0.2, 0) is 26.2 Å². The minimum absolute atomic E-state index is 0.0609. The molecule has 0 unspecified atom stereocenters. The zero-order valence-electron chi connectivity index (χ0n) is 24.6. The highest BCUT2D eigenvalue weighted by Gasteiger charge is 2.34. The SMILES string of the molecule is COc1ccc(S(=O)(=O)N(CC(=O)N(Cc2ccccc2C)[C@@H](C)C(=O)NC2CCCC2)c2ccccc2)cc1OC. The predicted octanol–water partition coefficient (Wildman–Crippen LogP) is 4.68. The summed E-state index contributed by atoms with van der Waals surface area (Å²) in [6.45, 7) is 3.28. The molecule has 1 fully saturated rings. The molecule has 0 aromatic heterocycles. The van der Waals surface area contributed by atoms with E-state index in [4.69, 9.17) is 9.47 Å². The Morgan fingerprint density at radius 3 is 2.21 bits per heavy atom. The molecule has 1 N–H and O–H groups in total. The molecule has 0 saturated heterocycles. The van der Waals surface area contributed by atoms with Gasteiger partial charge in [-0.05, 0) is 62.1 Å². The lowest BCUT2D eigenvalue weighted by molar-refractivity contribution is -0.139. The van der Waals surface area contributed by atoms with Crippen LogP contribution in [0, 0.1) is 6.92 Å². The highest BCUT2D eigenvalue weighted by molar-refractivity contribution is 7.92. The minimum Gasteiger partial charge on any atom is -0.493 e. The van der Waals surface area contributed by atoms with Crippen molar-refractivity contribution in [2.24, 2.45) is 0 Å². The van der Waals surface area contributed by atoms with E-state index in [0.29, 0.717) is 11.4 Å². The molecule has 1 aliphatic carbocycles. The monoisotopic (exact) mass is 593 g/mol. The van der Waals surface area contributed by atoms with E-state index >= 15 is 0 Å². The maximum Gasteiger partial charge on any atom is 0.264 e. The maximum absolute atomic E-state index is 14.1. The van der Waals surface area contributed by atoms with Crippen molar-refractivity contribution < 1.29 is 27.5 Å². The Hall–Kier alpha value is -4.05. The van der Waals surface area contributed by atoms with Crippen LogP contribution in [-0.4, -0.2) is 58.0 Å². The van der Waals surface area contributed by atoms with E-state index in [9.17, 15) is 18.0 Å². The third kappa shape index (κ3) is 7.05. The second-order valence-electron chi connectivity index (χ2n) is 10.5. The molecule has 1 aliphatic rings. The average Bonchev–Trinajstić information content (AvgIpc) is 3.52. The number of aryl methyl sites for hydroxylation is 1. The van der Waals surface area contributed by atoms with E-state index in [1.54, 1.807) is 37.3 Å². The van der Waals surface area contributed by atoms with E-state index in [2.05, 4.69) is 5.32 Å². The molecule has 4 rings (SSSR count). The molecular formula is C32H39N3O6S. The van der Waals surface area contributed by atoms with E-state index in [0.717, 1.165) is 41.1 Å². The van der Waals surface area contributed by atoms with Gasteiger partial charge in [-0.3, -0.25) is 13.9 Å². The molecule has 3 aromatic rings. The Bertz CT molecular complexity index is 1490. The van der Waals surface area contributed by atoms with Crippen LogP contribution in [0.1, 0.15) is 43.7 Å². The van der Waals surface area contributed by atoms with Crippen molar-refractivity contribution in [3.63, 3.8) is 0 Å². The summed E-state index contributed by atoms with van der Waals surface area (Å²) in [7, 11) is -1.35. The van der Waals surface area contributed by atoms with Gasteiger partial charge in [0.05, 0.1) is 24.8 Å². The number of carbonyl (C=O) groups is 2. The Morgan fingerprint density at radius 1 is 0.929 bits per heavy atom. The van der Waals surface area contributed by atoms with E-state index < -0.39 is 28.5 Å².